The van der Waals surface area contributed by atoms with Crippen molar-refractivity contribution in [1.82, 2.24) is 5.32 Å². The van der Waals surface area contributed by atoms with Crippen LogP contribution in [0.3, 0.4) is 0 Å². The first-order valence-corrected chi connectivity index (χ1v) is 7.88. The van der Waals surface area contributed by atoms with Crippen LogP contribution in [-0.2, 0) is 25.7 Å². The van der Waals surface area contributed by atoms with Crippen molar-refractivity contribution in [3.8, 4) is 0 Å². The summed E-state index contributed by atoms with van der Waals surface area (Å²) in [4.78, 5) is 23.6. The van der Waals surface area contributed by atoms with Crippen LogP contribution in [0.15, 0.2) is 30.3 Å². The lowest BCUT2D eigenvalue weighted by Crippen LogP contribution is -2.49. The minimum Gasteiger partial charge on any atom is -0.381 e. The van der Waals surface area contributed by atoms with E-state index in [0.29, 0.717) is 39.3 Å². The lowest BCUT2D eigenvalue weighted by Gasteiger charge is -2.34. The quantitative estimate of drug-likeness (QED) is 0.699. The van der Waals surface area contributed by atoms with Crippen LogP contribution < -0.4 is 11.1 Å². The molecule has 1 aromatic rings. The lowest BCUT2D eigenvalue weighted by molar-refractivity contribution is -0.134. The number of carbonyl (C=O) groups is 2. The molecule has 0 spiro atoms. The van der Waals surface area contributed by atoms with Gasteiger partial charge in [-0.3, -0.25) is 9.59 Å². The highest BCUT2D eigenvalue weighted by atomic mass is 16.5. The van der Waals surface area contributed by atoms with Crippen LogP contribution in [-0.4, -0.2) is 38.2 Å². The van der Waals surface area contributed by atoms with Gasteiger partial charge >= 0.3 is 0 Å². The first-order valence-electron chi connectivity index (χ1n) is 7.88. The zero-order chi connectivity index (χ0) is 16.5. The number of amides is 2. The summed E-state index contributed by atoms with van der Waals surface area (Å²) >= 11 is 0. The molecule has 1 aliphatic rings. The Labute approximate surface area is 136 Å². The number of nitrogens with two attached hydrogens (primary N) is 1. The molecule has 126 valence electrons. The van der Waals surface area contributed by atoms with Gasteiger partial charge in [0.15, 0.2) is 0 Å². The van der Waals surface area contributed by atoms with Gasteiger partial charge in [-0.1, -0.05) is 30.3 Å². The number of carbonyl (C=O) groups excluding carboxylic acids is 2. The van der Waals surface area contributed by atoms with Crippen molar-refractivity contribution in [1.29, 1.82) is 0 Å². The standard InChI is InChI=1S/C17H24N2O4/c18-16(21)17(7-10-22-11-8-17)13-19-15(20)6-9-23-12-14-4-2-1-3-5-14/h1-5H,6-13H2,(H2,18,21)(H,19,20). The minimum absolute atomic E-state index is 0.134. The zero-order valence-electron chi connectivity index (χ0n) is 13.3. The maximum absolute atomic E-state index is 11.9. The molecule has 23 heavy (non-hydrogen) atoms. The molecule has 1 fully saturated rings. The largest absolute Gasteiger partial charge is 0.381 e. The minimum atomic E-state index is -0.682. The number of ether oxygens (including phenoxy) is 2. The van der Waals surface area contributed by atoms with Gasteiger partial charge in [-0.25, -0.2) is 0 Å². The van der Waals surface area contributed by atoms with Crippen LogP contribution in [0.25, 0.3) is 0 Å². The monoisotopic (exact) mass is 320 g/mol. The van der Waals surface area contributed by atoms with Gasteiger partial charge in [0, 0.05) is 26.2 Å². The fourth-order valence-electron chi connectivity index (χ4n) is 2.56. The molecule has 0 atom stereocenters. The molecule has 1 aliphatic heterocycles. The normalized spacial score (nSPS) is 16.7. The third-order valence-electron chi connectivity index (χ3n) is 4.18. The fraction of sp³-hybridized carbons (Fsp3) is 0.529. The highest BCUT2D eigenvalue weighted by Gasteiger charge is 2.38. The Kier molecular flexibility index (Phi) is 6.55. The Hall–Kier alpha value is -1.92. The molecule has 0 radical (unpaired) electrons. The molecular formula is C17H24N2O4. The van der Waals surface area contributed by atoms with E-state index in [1.54, 1.807) is 0 Å². The van der Waals surface area contributed by atoms with Gasteiger partial charge in [-0.2, -0.15) is 0 Å². The average Bonchev–Trinajstić information content (AvgIpc) is 2.58. The molecule has 0 aromatic heterocycles. The lowest BCUT2D eigenvalue weighted by atomic mass is 9.79. The predicted molar refractivity (Wildman–Crippen MR) is 85.4 cm³/mol. The highest BCUT2D eigenvalue weighted by molar-refractivity contribution is 5.82. The third kappa shape index (κ3) is 5.33. The average molecular weight is 320 g/mol. The number of primary amides is 1. The van der Waals surface area contributed by atoms with Crippen LogP contribution in [0, 0.1) is 5.41 Å². The Morgan fingerprint density at radius 2 is 1.91 bits per heavy atom. The van der Waals surface area contributed by atoms with Gasteiger partial charge in [-0.05, 0) is 18.4 Å². The highest BCUT2D eigenvalue weighted by Crippen LogP contribution is 2.29. The second-order valence-corrected chi connectivity index (χ2v) is 5.82. The summed E-state index contributed by atoms with van der Waals surface area (Å²) in [7, 11) is 0. The predicted octanol–water partition coefficient (Wildman–Crippen LogP) is 0.992. The van der Waals surface area contributed by atoms with Crippen LogP contribution >= 0.6 is 0 Å². The van der Waals surface area contributed by atoms with Crippen molar-refractivity contribution >= 4 is 11.8 Å². The van der Waals surface area contributed by atoms with E-state index in [4.69, 9.17) is 15.2 Å². The molecule has 0 aliphatic carbocycles. The summed E-state index contributed by atoms with van der Waals surface area (Å²) in [6.07, 6.45) is 1.36. The second kappa shape index (κ2) is 8.64. The van der Waals surface area contributed by atoms with Gasteiger partial charge in [0.05, 0.1) is 18.6 Å². The van der Waals surface area contributed by atoms with Crippen molar-refractivity contribution in [2.45, 2.75) is 25.9 Å². The van der Waals surface area contributed by atoms with E-state index in [0.717, 1.165) is 5.56 Å². The van der Waals surface area contributed by atoms with Gasteiger partial charge < -0.3 is 20.5 Å². The summed E-state index contributed by atoms with van der Waals surface area (Å²) in [6.45, 7) is 2.09. The molecular weight excluding hydrogens is 296 g/mol. The van der Waals surface area contributed by atoms with Crippen LogP contribution in [0.1, 0.15) is 24.8 Å². The number of nitrogens with one attached hydrogen (secondary N) is 1. The van der Waals surface area contributed by atoms with E-state index in [-0.39, 0.29) is 24.8 Å². The van der Waals surface area contributed by atoms with Gasteiger partial charge in [0.1, 0.15) is 0 Å². The third-order valence-corrected chi connectivity index (χ3v) is 4.18. The summed E-state index contributed by atoms with van der Waals surface area (Å²) in [5.74, 6) is -0.508. The smallest absolute Gasteiger partial charge is 0.225 e. The zero-order valence-corrected chi connectivity index (χ0v) is 13.3. The molecule has 6 heteroatoms. The SMILES string of the molecule is NC(=O)C1(CNC(=O)CCOCc2ccccc2)CCOCC1. The first kappa shape index (κ1) is 17.4. The maximum Gasteiger partial charge on any atom is 0.225 e. The molecule has 6 nitrogen and oxygen atoms in total. The van der Waals surface area contributed by atoms with Crippen molar-refractivity contribution < 1.29 is 19.1 Å². The molecule has 1 saturated heterocycles. The van der Waals surface area contributed by atoms with E-state index in [2.05, 4.69) is 5.32 Å². The number of hydrogen-bond donors (Lipinski definition) is 2. The van der Waals surface area contributed by atoms with Crippen molar-refractivity contribution in [2.75, 3.05) is 26.4 Å². The molecule has 0 bridgehead atoms. The van der Waals surface area contributed by atoms with E-state index in [1.807, 2.05) is 30.3 Å². The van der Waals surface area contributed by atoms with Crippen molar-refractivity contribution in [3.05, 3.63) is 35.9 Å². The summed E-state index contributed by atoms with van der Waals surface area (Å²) in [5, 5.41) is 2.80. The molecule has 0 saturated carbocycles. The van der Waals surface area contributed by atoms with Crippen molar-refractivity contribution in [3.63, 3.8) is 0 Å². The van der Waals surface area contributed by atoms with Gasteiger partial charge in [0.25, 0.3) is 0 Å². The maximum atomic E-state index is 11.9. The molecule has 2 amide bonds. The van der Waals surface area contributed by atoms with Crippen LogP contribution in [0.4, 0.5) is 0 Å². The Morgan fingerprint density at radius 3 is 2.57 bits per heavy atom. The Morgan fingerprint density at radius 1 is 1.22 bits per heavy atom. The topological polar surface area (TPSA) is 90.7 Å². The molecule has 2 rings (SSSR count). The molecule has 1 aromatic carbocycles. The van der Waals surface area contributed by atoms with Crippen LogP contribution in [0.2, 0.25) is 0 Å². The van der Waals surface area contributed by atoms with Gasteiger partial charge in [-0.15, -0.1) is 0 Å². The summed E-state index contributed by atoms with van der Waals surface area (Å²) < 4.78 is 10.7. The number of rotatable bonds is 8. The molecule has 0 unspecified atom stereocenters. The fourth-order valence-corrected chi connectivity index (χ4v) is 2.56. The summed E-state index contributed by atoms with van der Waals surface area (Å²) in [6, 6.07) is 9.79. The van der Waals surface area contributed by atoms with Gasteiger partial charge in [0.2, 0.25) is 11.8 Å². The van der Waals surface area contributed by atoms with E-state index >= 15 is 0 Å². The molecule has 1 heterocycles. The first-order chi connectivity index (χ1) is 11.1. The summed E-state index contributed by atoms with van der Waals surface area (Å²) in [5.41, 5.74) is 5.89. The van der Waals surface area contributed by atoms with E-state index < -0.39 is 5.41 Å². The van der Waals surface area contributed by atoms with Crippen LogP contribution in [0.5, 0.6) is 0 Å². The van der Waals surface area contributed by atoms with E-state index in [1.165, 1.54) is 0 Å². The van der Waals surface area contributed by atoms with Crippen molar-refractivity contribution in [2.24, 2.45) is 11.1 Å². The van der Waals surface area contributed by atoms with E-state index in [9.17, 15) is 9.59 Å². The second-order valence-electron chi connectivity index (χ2n) is 5.82. The Balaban J connectivity index is 1.67. The number of hydrogen-bond acceptors (Lipinski definition) is 4. The Bertz CT molecular complexity index is 513. The number of benzene rings is 1. The molecule has 3 N–H and O–H groups in total.